The highest BCUT2D eigenvalue weighted by Crippen LogP contribution is 2.29. The number of hydrogen-bond donors (Lipinski definition) is 2. The zero-order valence-electron chi connectivity index (χ0n) is 11.3. The molecule has 6 heteroatoms. The van der Waals surface area contributed by atoms with Gasteiger partial charge in [-0.1, -0.05) is 11.6 Å². The second kappa shape index (κ2) is 5.85. The molecule has 21 heavy (non-hydrogen) atoms. The Labute approximate surface area is 126 Å². The SMILES string of the molecule is O=C(NCCNc1ccc2c(Cl)ccnc2c1F)C1CC1. The summed E-state index contributed by atoms with van der Waals surface area (Å²) in [4.78, 5) is 15.5. The van der Waals surface area contributed by atoms with Crippen LogP contribution < -0.4 is 10.6 Å². The maximum absolute atomic E-state index is 14.3. The number of carbonyl (C=O) groups is 1. The first-order valence-corrected chi connectivity index (χ1v) is 7.29. The lowest BCUT2D eigenvalue weighted by atomic mass is 10.2. The second-order valence-electron chi connectivity index (χ2n) is 5.11. The van der Waals surface area contributed by atoms with Crippen LogP contribution in [0.1, 0.15) is 12.8 Å². The number of amides is 1. The average Bonchev–Trinajstić information content (AvgIpc) is 3.31. The molecule has 0 saturated heterocycles. The minimum Gasteiger partial charge on any atom is -0.381 e. The molecule has 1 aliphatic carbocycles. The zero-order valence-corrected chi connectivity index (χ0v) is 12.1. The molecule has 4 nitrogen and oxygen atoms in total. The predicted octanol–water partition coefficient (Wildman–Crippen LogP) is 2.97. The van der Waals surface area contributed by atoms with Crippen molar-refractivity contribution in [3.63, 3.8) is 0 Å². The van der Waals surface area contributed by atoms with Gasteiger partial charge in [0.05, 0.1) is 10.7 Å². The molecule has 0 atom stereocenters. The molecule has 1 aliphatic rings. The van der Waals surface area contributed by atoms with Crippen LogP contribution in [0.25, 0.3) is 10.9 Å². The Morgan fingerprint density at radius 3 is 2.90 bits per heavy atom. The van der Waals surface area contributed by atoms with Gasteiger partial charge in [0.25, 0.3) is 0 Å². The van der Waals surface area contributed by atoms with E-state index in [2.05, 4.69) is 15.6 Å². The van der Waals surface area contributed by atoms with Crippen LogP contribution in [0.2, 0.25) is 5.02 Å². The van der Waals surface area contributed by atoms with Gasteiger partial charge in [-0.15, -0.1) is 0 Å². The number of aromatic nitrogens is 1. The van der Waals surface area contributed by atoms with Crippen molar-refractivity contribution in [1.29, 1.82) is 0 Å². The maximum Gasteiger partial charge on any atom is 0.223 e. The molecule has 110 valence electrons. The minimum absolute atomic E-state index is 0.0873. The third-order valence-corrected chi connectivity index (χ3v) is 3.82. The highest BCUT2D eigenvalue weighted by molar-refractivity contribution is 6.35. The Morgan fingerprint density at radius 2 is 2.14 bits per heavy atom. The number of nitrogens with zero attached hydrogens (tertiary/aromatic N) is 1. The van der Waals surface area contributed by atoms with Gasteiger partial charge in [0.1, 0.15) is 5.52 Å². The summed E-state index contributed by atoms with van der Waals surface area (Å²) in [6, 6.07) is 5.00. The Bertz CT molecular complexity index is 688. The molecule has 2 N–H and O–H groups in total. The van der Waals surface area contributed by atoms with Gasteiger partial charge in [-0.25, -0.2) is 4.39 Å². The molecule has 1 fully saturated rings. The lowest BCUT2D eigenvalue weighted by Crippen LogP contribution is -2.29. The Morgan fingerprint density at radius 1 is 1.33 bits per heavy atom. The van der Waals surface area contributed by atoms with Gasteiger partial charge in [0.15, 0.2) is 5.82 Å². The van der Waals surface area contributed by atoms with E-state index in [-0.39, 0.29) is 17.3 Å². The van der Waals surface area contributed by atoms with Gasteiger partial charge < -0.3 is 10.6 Å². The number of halogens is 2. The summed E-state index contributed by atoms with van der Waals surface area (Å²) in [5.74, 6) is -0.151. The highest BCUT2D eigenvalue weighted by atomic mass is 35.5. The van der Waals surface area contributed by atoms with Crippen LogP contribution in [0, 0.1) is 11.7 Å². The highest BCUT2D eigenvalue weighted by Gasteiger charge is 2.28. The molecule has 1 heterocycles. The van der Waals surface area contributed by atoms with Crippen LogP contribution in [0.5, 0.6) is 0 Å². The fourth-order valence-electron chi connectivity index (χ4n) is 2.16. The normalized spacial score (nSPS) is 14.2. The standard InChI is InChI=1S/C15H15ClFN3O/c16-11-5-6-19-14-10(11)3-4-12(13(14)17)18-7-8-20-15(21)9-1-2-9/h3-6,9,18H,1-2,7-8H2,(H,20,21). The monoisotopic (exact) mass is 307 g/mol. The molecule has 3 rings (SSSR count). The smallest absolute Gasteiger partial charge is 0.223 e. The van der Waals surface area contributed by atoms with E-state index in [9.17, 15) is 9.18 Å². The average molecular weight is 308 g/mol. The summed E-state index contributed by atoms with van der Waals surface area (Å²) < 4.78 is 14.3. The fraction of sp³-hybridized carbons (Fsp3) is 0.333. The number of carbonyl (C=O) groups excluding carboxylic acids is 1. The first-order chi connectivity index (χ1) is 10.2. The molecule has 1 amide bonds. The van der Waals surface area contributed by atoms with Crippen molar-refractivity contribution in [2.75, 3.05) is 18.4 Å². The van der Waals surface area contributed by atoms with E-state index < -0.39 is 5.82 Å². The Hall–Kier alpha value is -1.88. The molecular formula is C15H15ClFN3O. The zero-order chi connectivity index (χ0) is 14.8. The van der Waals surface area contributed by atoms with Crippen LogP contribution in [-0.4, -0.2) is 24.0 Å². The largest absolute Gasteiger partial charge is 0.381 e. The molecule has 0 radical (unpaired) electrons. The summed E-state index contributed by atoms with van der Waals surface area (Å²) in [6.07, 6.45) is 3.43. The Kier molecular flexibility index (Phi) is 3.92. The Balaban J connectivity index is 1.64. The third-order valence-electron chi connectivity index (χ3n) is 3.49. The topological polar surface area (TPSA) is 54.0 Å². The van der Waals surface area contributed by atoms with Crippen LogP contribution in [0.4, 0.5) is 10.1 Å². The molecule has 2 aromatic rings. The number of pyridine rings is 1. The van der Waals surface area contributed by atoms with Gasteiger partial charge in [-0.3, -0.25) is 9.78 Å². The molecular weight excluding hydrogens is 293 g/mol. The number of benzene rings is 1. The van der Waals surface area contributed by atoms with Crippen LogP contribution in [0.15, 0.2) is 24.4 Å². The van der Waals surface area contributed by atoms with Crippen molar-refractivity contribution in [2.24, 2.45) is 5.92 Å². The number of anilines is 1. The molecule has 1 aromatic heterocycles. The van der Waals surface area contributed by atoms with Crippen LogP contribution >= 0.6 is 11.6 Å². The molecule has 0 unspecified atom stereocenters. The molecule has 0 spiro atoms. The first kappa shape index (κ1) is 14.1. The lowest BCUT2D eigenvalue weighted by Gasteiger charge is -2.10. The van der Waals surface area contributed by atoms with Gasteiger partial charge in [-0.2, -0.15) is 0 Å². The third kappa shape index (κ3) is 3.08. The van der Waals surface area contributed by atoms with Crippen LogP contribution in [-0.2, 0) is 4.79 Å². The predicted molar refractivity (Wildman–Crippen MR) is 80.9 cm³/mol. The fourth-order valence-corrected chi connectivity index (χ4v) is 2.37. The number of nitrogens with one attached hydrogen (secondary N) is 2. The molecule has 0 bridgehead atoms. The van der Waals surface area contributed by atoms with E-state index in [0.717, 1.165) is 12.8 Å². The van der Waals surface area contributed by atoms with Gasteiger partial charge >= 0.3 is 0 Å². The molecule has 1 aromatic carbocycles. The molecule has 0 aliphatic heterocycles. The van der Waals surface area contributed by atoms with Gasteiger partial charge in [-0.05, 0) is 31.0 Å². The molecule has 1 saturated carbocycles. The number of rotatable bonds is 5. The second-order valence-corrected chi connectivity index (χ2v) is 5.52. The van der Waals surface area contributed by atoms with Crippen molar-refractivity contribution in [3.8, 4) is 0 Å². The summed E-state index contributed by atoms with van der Waals surface area (Å²) in [5.41, 5.74) is 0.604. The lowest BCUT2D eigenvalue weighted by molar-refractivity contribution is -0.122. The van der Waals surface area contributed by atoms with Crippen molar-refractivity contribution >= 4 is 34.1 Å². The number of hydrogen-bond acceptors (Lipinski definition) is 3. The van der Waals surface area contributed by atoms with E-state index in [1.165, 1.54) is 6.20 Å². The maximum atomic E-state index is 14.3. The van der Waals surface area contributed by atoms with E-state index in [4.69, 9.17) is 11.6 Å². The van der Waals surface area contributed by atoms with Gasteiger partial charge in [0, 0.05) is 30.6 Å². The quantitative estimate of drug-likeness (QED) is 0.835. The number of fused-ring (bicyclic) bond motifs is 1. The summed E-state index contributed by atoms with van der Waals surface area (Å²) in [7, 11) is 0. The van der Waals surface area contributed by atoms with E-state index in [1.54, 1.807) is 18.2 Å². The summed E-state index contributed by atoms with van der Waals surface area (Å²) in [6.45, 7) is 0.928. The van der Waals surface area contributed by atoms with E-state index in [0.29, 0.717) is 29.2 Å². The van der Waals surface area contributed by atoms with E-state index in [1.807, 2.05) is 0 Å². The first-order valence-electron chi connectivity index (χ1n) is 6.91. The summed E-state index contributed by atoms with van der Waals surface area (Å²) in [5, 5.41) is 6.85. The summed E-state index contributed by atoms with van der Waals surface area (Å²) >= 11 is 6.00. The van der Waals surface area contributed by atoms with Crippen molar-refractivity contribution < 1.29 is 9.18 Å². The van der Waals surface area contributed by atoms with E-state index >= 15 is 0 Å². The van der Waals surface area contributed by atoms with Gasteiger partial charge in [0.2, 0.25) is 5.91 Å². The van der Waals surface area contributed by atoms with Crippen molar-refractivity contribution in [2.45, 2.75) is 12.8 Å². The van der Waals surface area contributed by atoms with Crippen LogP contribution in [0.3, 0.4) is 0 Å². The van der Waals surface area contributed by atoms with Crippen molar-refractivity contribution in [1.82, 2.24) is 10.3 Å². The van der Waals surface area contributed by atoms with Crippen molar-refractivity contribution in [3.05, 3.63) is 35.2 Å². The minimum atomic E-state index is -0.427.